The molecule has 0 radical (unpaired) electrons. The van der Waals surface area contributed by atoms with E-state index < -0.39 is 0 Å². The Kier molecular flexibility index (Phi) is 6.86. The molecular weight excluding hydrogens is 242 g/mol. The zero-order valence-corrected chi connectivity index (χ0v) is 12.3. The van der Waals surface area contributed by atoms with E-state index in [0.29, 0.717) is 6.04 Å². The first-order chi connectivity index (χ1) is 8.69. The van der Waals surface area contributed by atoms with E-state index in [0.717, 1.165) is 36.4 Å². The first kappa shape index (κ1) is 15.1. The fraction of sp³-hybridized carbons (Fsp3) is 0.500. The third-order valence-corrected chi connectivity index (χ3v) is 3.38. The van der Waals surface area contributed by atoms with Crippen LogP contribution in [0.15, 0.2) is 18.2 Å². The Morgan fingerprint density at radius 1 is 1.39 bits per heavy atom. The van der Waals surface area contributed by atoms with Gasteiger partial charge in [0.05, 0.1) is 0 Å². The molecule has 0 aliphatic heterocycles. The number of nitrogens with one attached hydrogen (secondary N) is 1. The van der Waals surface area contributed by atoms with Gasteiger partial charge in [-0.25, -0.2) is 0 Å². The molecule has 1 aromatic carbocycles. The Labute approximate surface area is 116 Å². The lowest BCUT2D eigenvalue weighted by Gasteiger charge is -2.18. The van der Waals surface area contributed by atoms with Crippen LogP contribution in [0, 0.1) is 18.8 Å². The highest BCUT2D eigenvalue weighted by Crippen LogP contribution is 2.24. The predicted octanol–water partition coefficient (Wildman–Crippen LogP) is 4.49. The summed E-state index contributed by atoms with van der Waals surface area (Å²) in [4.78, 5) is 0. The van der Waals surface area contributed by atoms with E-state index in [1.165, 1.54) is 5.56 Å². The van der Waals surface area contributed by atoms with E-state index in [2.05, 4.69) is 42.3 Å². The number of hydrogen-bond donors (Lipinski definition) is 1. The van der Waals surface area contributed by atoms with Gasteiger partial charge in [-0.15, -0.1) is 11.8 Å². The summed E-state index contributed by atoms with van der Waals surface area (Å²) in [6.45, 7) is 7.12. The van der Waals surface area contributed by atoms with Crippen molar-refractivity contribution in [2.75, 3.05) is 6.54 Å². The van der Waals surface area contributed by atoms with Gasteiger partial charge in [0.25, 0.3) is 0 Å². The molecule has 0 amide bonds. The van der Waals surface area contributed by atoms with Gasteiger partial charge < -0.3 is 5.32 Å². The number of rotatable bonds is 6. The maximum atomic E-state index is 6.20. The van der Waals surface area contributed by atoms with Crippen molar-refractivity contribution in [2.45, 2.75) is 46.1 Å². The summed E-state index contributed by atoms with van der Waals surface area (Å²) >= 11 is 6.20. The molecule has 0 aliphatic rings. The summed E-state index contributed by atoms with van der Waals surface area (Å²) in [5, 5.41) is 4.41. The first-order valence-corrected chi connectivity index (χ1v) is 6.95. The van der Waals surface area contributed by atoms with Crippen molar-refractivity contribution < 1.29 is 0 Å². The molecule has 1 rings (SSSR count). The average molecular weight is 264 g/mol. The van der Waals surface area contributed by atoms with Crippen LogP contribution in [-0.4, -0.2) is 6.54 Å². The maximum Gasteiger partial charge on any atom is 0.0438 e. The molecule has 0 saturated heterocycles. The molecule has 0 saturated carbocycles. The van der Waals surface area contributed by atoms with Gasteiger partial charge >= 0.3 is 0 Å². The molecule has 18 heavy (non-hydrogen) atoms. The van der Waals surface area contributed by atoms with Crippen LogP contribution in [0.1, 0.15) is 50.3 Å². The predicted molar refractivity (Wildman–Crippen MR) is 79.9 cm³/mol. The monoisotopic (exact) mass is 263 g/mol. The van der Waals surface area contributed by atoms with E-state index in [1.807, 2.05) is 13.8 Å². The molecule has 1 unspecified atom stereocenters. The van der Waals surface area contributed by atoms with E-state index in [-0.39, 0.29) is 0 Å². The molecule has 1 atom stereocenters. The third kappa shape index (κ3) is 4.72. The summed E-state index contributed by atoms with van der Waals surface area (Å²) in [5.74, 6) is 6.08. The largest absolute Gasteiger partial charge is 0.310 e. The second-order valence-corrected chi connectivity index (χ2v) is 4.89. The lowest BCUT2D eigenvalue weighted by molar-refractivity contribution is 0.505. The number of aryl methyl sites for hydroxylation is 1. The molecular formula is C16H22ClN. The topological polar surface area (TPSA) is 12.0 Å². The Balaban J connectivity index is 2.78. The van der Waals surface area contributed by atoms with Crippen LogP contribution in [0.4, 0.5) is 0 Å². The van der Waals surface area contributed by atoms with Gasteiger partial charge in [0, 0.05) is 17.5 Å². The lowest BCUT2D eigenvalue weighted by atomic mass is 10.0. The maximum absolute atomic E-state index is 6.20. The number of hydrogen-bond acceptors (Lipinski definition) is 1. The molecule has 1 N–H and O–H groups in total. The fourth-order valence-corrected chi connectivity index (χ4v) is 2.06. The van der Waals surface area contributed by atoms with Gasteiger partial charge in [0.1, 0.15) is 0 Å². The van der Waals surface area contributed by atoms with Crippen molar-refractivity contribution >= 4 is 11.6 Å². The molecule has 0 aliphatic carbocycles. The summed E-state index contributed by atoms with van der Waals surface area (Å²) in [6, 6.07) is 6.67. The zero-order chi connectivity index (χ0) is 13.4. The minimum Gasteiger partial charge on any atom is -0.310 e. The molecule has 2 heteroatoms. The average Bonchev–Trinajstić information content (AvgIpc) is 2.37. The van der Waals surface area contributed by atoms with Gasteiger partial charge in [0.15, 0.2) is 0 Å². The van der Waals surface area contributed by atoms with Crippen LogP contribution in [-0.2, 0) is 0 Å². The molecule has 98 valence electrons. The highest BCUT2D eigenvalue weighted by molar-refractivity contribution is 6.31. The Morgan fingerprint density at radius 3 is 2.78 bits per heavy atom. The van der Waals surface area contributed by atoms with Gasteiger partial charge in [-0.1, -0.05) is 30.7 Å². The van der Waals surface area contributed by atoms with Crippen molar-refractivity contribution in [3.8, 4) is 11.8 Å². The molecule has 1 aromatic rings. The van der Waals surface area contributed by atoms with E-state index >= 15 is 0 Å². The molecule has 0 fully saturated rings. The van der Waals surface area contributed by atoms with Crippen molar-refractivity contribution in [2.24, 2.45) is 0 Å². The van der Waals surface area contributed by atoms with Crippen molar-refractivity contribution in [3.63, 3.8) is 0 Å². The van der Waals surface area contributed by atoms with Gasteiger partial charge in [-0.05, 0) is 50.4 Å². The summed E-state index contributed by atoms with van der Waals surface area (Å²) in [5.41, 5.74) is 2.39. The SMILES string of the molecule is CC#CCCC(NCCC)c1ccc(C)c(Cl)c1. The van der Waals surface area contributed by atoms with Crippen molar-refractivity contribution in [3.05, 3.63) is 34.3 Å². The van der Waals surface area contributed by atoms with Gasteiger partial charge in [0.2, 0.25) is 0 Å². The van der Waals surface area contributed by atoms with Crippen LogP contribution < -0.4 is 5.32 Å². The molecule has 0 aromatic heterocycles. The number of halogens is 1. The smallest absolute Gasteiger partial charge is 0.0438 e. The molecule has 0 heterocycles. The van der Waals surface area contributed by atoms with E-state index in [1.54, 1.807) is 0 Å². The molecule has 1 nitrogen and oxygen atoms in total. The van der Waals surface area contributed by atoms with Crippen LogP contribution in [0.2, 0.25) is 5.02 Å². The highest BCUT2D eigenvalue weighted by atomic mass is 35.5. The summed E-state index contributed by atoms with van der Waals surface area (Å²) in [7, 11) is 0. The summed E-state index contributed by atoms with van der Waals surface area (Å²) < 4.78 is 0. The second kappa shape index (κ2) is 8.19. The normalized spacial score (nSPS) is 11.8. The van der Waals surface area contributed by atoms with Crippen LogP contribution in [0.3, 0.4) is 0 Å². The first-order valence-electron chi connectivity index (χ1n) is 6.58. The lowest BCUT2D eigenvalue weighted by Crippen LogP contribution is -2.22. The Bertz CT molecular complexity index is 428. The van der Waals surface area contributed by atoms with Gasteiger partial charge in [-0.2, -0.15) is 0 Å². The van der Waals surface area contributed by atoms with E-state index in [4.69, 9.17) is 11.6 Å². The van der Waals surface area contributed by atoms with Crippen molar-refractivity contribution in [1.82, 2.24) is 5.32 Å². The highest BCUT2D eigenvalue weighted by Gasteiger charge is 2.10. The van der Waals surface area contributed by atoms with Crippen LogP contribution in [0.25, 0.3) is 0 Å². The Hall–Kier alpha value is -0.970. The van der Waals surface area contributed by atoms with Gasteiger partial charge in [-0.3, -0.25) is 0 Å². The molecule has 0 spiro atoms. The minimum atomic E-state index is 0.351. The quantitative estimate of drug-likeness (QED) is 0.746. The second-order valence-electron chi connectivity index (χ2n) is 4.48. The molecule has 0 bridgehead atoms. The van der Waals surface area contributed by atoms with Crippen LogP contribution in [0.5, 0.6) is 0 Å². The summed E-state index contributed by atoms with van der Waals surface area (Å²) in [6.07, 6.45) is 3.08. The minimum absolute atomic E-state index is 0.351. The standard InChI is InChI=1S/C16H22ClN/c1-4-6-7-8-16(18-11-5-2)14-10-9-13(3)15(17)12-14/h9-10,12,16,18H,5,7-8,11H2,1-3H3. The Morgan fingerprint density at radius 2 is 2.17 bits per heavy atom. The zero-order valence-electron chi connectivity index (χ0n) is 11.5. The van der Waals surface area contributed by atoms with Crippen LogP contribution >= 0.6 is 11.6 Å². The van der Waals surface area contributed by atoms with E-state index in [9.17, 15) is 0 Å². The fourth-order valence-electron chi connectivity index (χ4n) is 1.87. The number of benzene rings is 1. The third-order valence-electron chi connectivity index (χ3n) is 2.97. The van der Waals surface area contributed by atoms with Crippen molar-refractivity contribution in [1.29, 1.82) is 0 Å².